The van der Waals surface area contributed by atoms with Crippen molar-refractivity contribution in [3.8, 4) is 0 Å². The standard InChI is InChI=1S/C14H18BrN2/c1-8(2)13-7-17(9(3)10(17)4)14-12(13)5-11(15)6-16-14/h5-10H,1-4H3/q+1/t9-,10?,17?/m0/s1. The third-order valence-electron chi connectivity index (χ3n) is 4.44. The minimum Gasteiger partial charge on any atom is -0.233 e. The zero-order valence-corrected chi connectivity index (χ0v) is 12.3. The fourth-order valence-electron chi connectivity index (χ4n) is 3.11. The molecule has 0 radical (unpaired) electrons. The van der Waals surface area contributed by atoms with Gasteiger partial charge in [-0.1, -0.05) is 13.8 Å². The van der Waals surface area contributed by atoms with Crippen LogP contribution < -0.4 is 4.48 Å². The molecular weight excluding hydrogens is 276 g/mol. The molecule has 2 nitrogen and oxygen atoms in total. The van der Waals surface area contributed by atoms with Crippen LogP contribution in [-0.4, -0.2) is 17.1 Å². The molecule has 1 spiro atoms. The normalized spacial score (nSPS) is 34.1. The lowest BCUT2D eigenvalue weighted by molar-refractivity contribution is 0.627. The highest BCUT2D eigenvalue weighted by Crippen LogP contribution is 2.54. The Balaban J connectivity index is 2.21. The van der Waals surface area contributed by atoms with E-state index in [1.165, 1.54) is 17.0 Å². The van der Waals surface area contributed by atoms with Crippen LogP contribution in [0.4, 0.5) is 5.82 Å². The molecule has 2 aliphatic heterocycles. The molecule has 0 aliphatic carbocycles. The molecule has 3 heterocycles. The lowest BCUT2D eigenvalue weighted by Crippen LogP contribution is -2.21. The third-order valence-corrected chi connectivity index (χ3v) is 4.88. The summed E-state index contributed by atoms with van der Waals surface area (Å²) < 4.78 is 2.04. The molecule has 17 heavy (non-hydrogen) atoms. The first-order valence-corrected chi connectivity index (χ1v) is 7.05. The fraction of sp³-hybridized carbons (Fsp3) is 0.500. The first kappa shape index (κ1) is 11.4. The molecule has 0 saturated carbocycles. The smallest absolute Gasteiger partial charge is 0.233 e. The van der Waals surface area contributed by atoms with Crippen LogP contribution in [-0.2, 0) is 0 Å². The molecule has 0 bridgehead atoms. The summed E-state index contributed by atoms with van der Waals surface area (Å²) in [5, 5.41) is 0. The van der Waals surface area contributed by atoms with Gasteiger partial charge >= 0.3 is 0 Å². The average molecular weight is 294 g/mol. The van der Waals surface area contributed by atoms with E-state index in [9.17, 15) is 0 Å². The van der Waals surface area contributed by atoms with Gasteiger partial charge in [-0.3, -0.25) is 0 Å². The van der Waals surface area contributed by atoms with Crippen molar-refractivity contribution < 1.29 is 0 Å². The quantitative estimate of drug-likeness (QED) is 0.564. The number of aromatic nitrogens is 1. The van der Waals surface area contributed by atoms with Gasteiger partial charge in [-0.15, -0.1) is 0 Å². The molecule has 1 aromatic rings. The second kappa shape index (κ2) is 3.42. The molecule has 0 amide bonds. The number of quaternary nitrogens is 1. The zero-order valence-electron chi connectivity index (χ0n) is 10.7. The largest absolute Gasteiger partial charge is 0.240 e. The maximum Gasteiger partial charge on any atom is 0.240 e. The van der Waals surface area contributed by atoms with Crippen LogP contribution in [0.2, 0.25) is 0 Å². The third kappa shape index (κ3) is 1.33. The van der Waals surface area contributed by atoms with Crippen LogP contribution in [0.3, 0.4) is 0 Å². The van der Waals surface area contributed by atoms with Gasteiger partial charge in [0.2, 0.25) is 5.82 Å². The van der Waals surface area contributed by atoms with Crippen LogP contribution in [0.1, 0.15) is 33.3 Å². The van der Waals surface area contributed by atoms with Crippen molar-refractivity contribution in [1.29, 1.82) is 0 Å². The Bertz CT molecular complexity index is 511. The molecule has 2 aliphatic rings. The Labute approximate surface area is 111 Å². The maximum absolute atomic E-state index is 4.68. The zero-order chi connectivity index (χ0) is 12.4. The fourth-order valence-corrected chi connectivity index (χ4v) is 3.44. The van der Waals surface area contributed by atoms with Crippen molar-refractivity contribution in [3.05, 3.63) is 28.5 Å². The molecule has 1 saturated heterocycles. The van der Waals surface area contributed by atoms with Gasteiger partial charge in [0.1, 0.15) is 18.3 Å². The second-order valence-corrected chi connectivity index (χ2v) is 6.50. The minimum atomic E-state index is 0.558. The second-order valence-electron chi connectivity index (χ2n) is 5.58. The lowest BCUT2D eigenvalue weighted by Gasteiger charge is -2.10. The summed E-state index contributed by atoms with van der Waals surface area (Å²) in [6.45, 7) is 9.16. The number of pyridine rings is 1. The Morgan fingerprint density at radius 2 is 1.94 bits per heavy atom. The first-order chi connectivity index (χ1) is 7.98. The molecule has 2 unspecified atom stereocenters. The number of nitrogens with zero attached hydrogens (tertiary/aromatic N) is 2. The molecule has 1 fully saturated rings. The molecule has 0 N–H and O–H groups in total. The van der Waals surface area contributed by atoms with Crippen LogP contribution in [0.15, 0.2) is 22.9 Å². The molecule has 3 rings (SSSR count). The Hall–Kier alpha value is -0.670. The predicted octanol–water partition coefficient (Wildman–Crippen LogP) is 3.95. The van der Waals surface area contributed by atoms with Crippen LogP contribution in [0.5, 0.6) is 0 Å². The van der Waals surface area contributed by atoms with Crippen molar-refractivity contribution in [1.82, 2.24) is 9.47 Å². The van der Waals surface area contributed by atoms with Gasteiger partial charge in [0.25, 0.3) is 0 Å². The van der Waals surface area contributed by atoms with Crippen molar-refractivity contribution in [3.63, 3.8) is 0 Å². The maximum atomic E-state index is 4.68. The minimum absolute atomic E-state index is 0.558. The average Bonchev–Trinajstić information content (AvgIpc) is 2.69. The lowest BCUT2D eigenvalue weighted by atomic mass is 9.99. The van der Waals surface area contributed by atoms with E-state index in [1.807, 2.05) is 6.20 Å². The first-order valence-electron chi connectivity index (χ1n) is 6.26. The van der Waals surface area contributed by atoms with Gasteiger partial charge < -0.3 is 0 Å². The monoisotopic (exact) mass is 293 g/mol. The number of allylic oxidation sites excluding steroid dienone is 1. The van der Waals surface area contributed by atoms with Gasteiger partial charge in [0, 0.05) is 16.2 Å². The van der Waals surface area contributed by atoms with E-state index in [0.29, 0.717) is 18.0 Å². The molecule has 3 heteroatoms. The Morgan fingerprint density at radius 1 is 1.29 bits per heavy atom. The SMILES string of the molecule is CC(C)C1=C[N+]2(c3ncc(Br)cc31)C(C)[C@@H]2C. The van der Waals surface area contributed by atoms with E-state index < -0.39 is 0 Å². The Morgan fingerprint density at radius 3 is 2.47 bits per heavy atom. The van der Waals surface area contributed by atoms with E-state index in [2.05, 4.69) is 60.9 Å². The summed E-state index contributed by atoms with van der Waals surface area (Å²) in [6.07, 6.45) is 4.36. The summed E-state index contributed by atoms with van der Waals surface area (Å²) in [5.41, 5.74) is 2.79. The van der Waals surface area contributed by atoms with Gasteiger partial charge in [-0.2, -0.15) is 0 Å². The van der Waals surface area contributed by atoms with E-state index in [-0.39, 0.29) is 0 Å². The molecule has 90 valence electrons. The number of hydrogen-bond acceptors (Lipinski definition) is 1. The summed E-state index contributed by atoms with van der Waals surface area (Å²) in [5.74, 6) is 1.80. The van der Waals surface area contributed by atoms with Gasteiger partial charge in [-0.25, -0.2) is 9.47 Å². The summed E-state index contributed by atoms with van der Waals surface area (Å²) in [4.78, 5) is 4.68. The van der Waals surface area contributed by atoms with Crippen LogP contribution in [0, 0.1) is 5.92 Å². The van der Waals surface area contributed by atoms with Gasteiger partial charge in [0.05, 0.1) is 5.56 Å². The number of halogens is 1. The van der Waals surface area contributed by atoms with Crippen molar-refractivity contribution in [2.75, 3.05) is 0 Å². The summed E-state index contributed by atoms with van der Waals surface area (Å²) in [6, 6.07) is 3.55. The van der Waals surface area contributed by atoms with E-state index in [0.717, 1.165) is 8.96 Å². The topological polar surface area (TPSA) is 12.9 Å². The highest BCUT2D eigenvalue weighted by molar-refractivity contribution is 9.10. The van der Waals surface area contributed by atoms with Crippen molar-refractivity contribution in [2.45, 2.75) is 39.8 Å². The van der Waals surface area contributed by atoms with E-state index in [1.54, 1.807) is 0 Å². The van der Waals surface area contributed by atoms with Gasteiger partial charge in [0.15, 0.2) is 0 Å². The van der Waals surface area contributed by atoms with E-state index in [4.69, 9.17) is 0 Å². The van der Waals surface area contributed by atoms with Crippen LogP contribution in [0.25, 0.3) is 5.57 Å². The predicted molar refractivity (Wildman–Crippen MR) is 75.5 cm³/mol. The molecule has 3 atom stereocenters. The van der Waals surface area contributed by atoms with Crippen molar-refractivity contribution in [2.24, 2.45) is 5.92 Å². The molecule has 0 aromatic carbocycles. The number of rotatable bonds is 1. The summed E-state index contributed by atoms with van der Waals surface area (Å²) in [7, 11) is 0. The van der Waals surface area contributed by atoms with Gasteiger partial charge in [-0.05, 0) is 41.8 Å². The highest BCUT2D eigenvalue weighted by Gasteiger charge is 2.65. The molecular formula is C14H18BrN2+. The summed E-state index contributed by atoms with van der Waals surface area (Å²) >= 11 is 3.53. The molecule has 1 aromatic heterocycles. The van der Waals surface area contributed by atoms with Crippen molar-refractivity contribution >= 4 is 27.3 Å². The Kier molecular flexibility index (Phi) is 2.30. The van der Waals surface area contributed by atoms with E-state index >= 15 is 0 Å². The highest BCUT2D eigenvalue weighted by atomic mass is 79.9. The van der Waals surface area contributed by atoms with Crippen LogP contribution >= 0.6 is 15.9 Å². The number of fused-ring (bicyclic) bond motifs is 2. The number of hydrogen-bond donors (Lipinski definition) is 0.